The maximum Gasteiger partial charge on any atom is 0.0977 e. The van der Waals surface area contributed by atoms with Gasteiger partial charge in [0, 0.05) is 30.0 Å². The molecule has 0 fully saturated rings. The van der Waals surface area contributed by atoms with Gasteiger partial charge in [0.1, 0.15) is 0 Å². The Labute approximate surface area is 128 Å². The Hall–Kier alpha value is -1.23. The number of rotatable bonds is 6. The highest BCUT2D eigenvalue weighted by atomic mass is 79.9. The van der Waals surface area contributed by atoms with Gasteiger partial charge in [-0.25, -0.2) is 0 Å². The molecule has 0 aliphatic rings. The zero-order valence-corrected chi connectivity index (χ0v) is 13.3. The summed E-state index contributed by atoms with van der Waals surface area (Å²) in [4.78, 5) is 4.21. The first-order chi connectivity index (χ1) is 9.74. The molecule has 1 aromatic carbocycles. The molecule has 2 unspecified atom stereocenters. The Morgan fingerprint density at radius 1 is 1.25 bits per heavy atom. The molecule has 1 heterocycles. The second-order valence-electron chi connectivity index (χ2n) is 4.68. The third-order valence-electron chi connectivity index (χ3n) is 3.34. The predicted octanol–water partition coefficient (Wildman–Crippen LogP) is 3.36. The summed E-state index contributed by atoms with van der Waals surface area (Å²) >= 11 is 3.46. The van der Waals surface area contributed by atoms with E-state index in [0.29, 0.717) is 0 Å². The number of methoxy groups -OCH3 is 1. The van der Waals surface area contributed by atoms with Crippen molar-refractivity contribution >= 4 is 15.9 Å². The van der Waals surface area contributed by atoms with Gasteiger partial charge in [0.2, 0.25) is 0 Å². The number of ether oxygens (including phenoxy) is 1. The summed E-state index contributed by atoms with van der Waals surface area (Å²) in [6, 6.07) is 12.6. The molecule has 0 aliphatic heterocycles. The molecule has 1 aromatic heterocycles. The number of pyridine rings is 1. The van der Waals surface area contributed by atoms with Gasteiger partial charge >= 0.3 is 0 Å². The number of halogens is 1. The van der Waals surface area contributed by atoms with Crippen LogP contribution < -0.4 is 5.32 Å². The SMILES string of the molecule is CNC(Cc1cncc(Br)c1)C(OC)c1ccccc1. The molecule has 3 nitrogen and oxygen atoms in total. The second-order valence-corrected chi connectivity index (χ2v) is 5.59. The van der Waals surface area contributed by atoms with Crippen LogP contribution in [0.1, 0.15) is 17.2 Å². The van der Waals surface area contributed by atoms with E-state index in [-0.39, 0.29) is 12.1 Å². The first-order valence-electron chi connectivity index (χ1n) is 6.59. The summed E-state index contributed by atoms with van der Waals surface area (Å²) in [5.41, 5.74) is 2.36. The van der Waals surface area contributed by atoms with Crippen molar-refractivity contribution in [1.82, 2.24) is 10.3 Å². The van der Waals surface area contributed by atoms with Crippen molar-refractivity contribution in [2.24, 2.45) is 0 Å². The van der Waals surface area contributed by atoms with Gasteiger partial charge in [-0.05, 0) is 46.6 Å². The third kappa shape index (κ3) is 3.88. The number of hydrogen-bond acceptors (Lipinski definition) is 3. The fourth-order valence-corrected chi connectivity index (χ4v) is 2.77. The largest absolute Gasteiger partial charge is 0.375 e. The highest BCUT2D eigenvalue weighted by Gasteiger charge is 2.21. The highest BCUT2D eigenvalue weighted by Crippen LogP contribution is 2.23. The first-order valence-corrected chi connectivity index (χ1v) is 7.38. The molecule has 0 spiro atoms. The minimum atomic E-state index is 0.0141. The monoisotopic (exact) mass is 334 g/mol. The lowest BCUT2D eigenvalue weighted by molar-refractivity contribution is 0.0704. The summed E-state index contributed by atoms with van der Waals surface area (Å²) in [7, 11) is 3.71. The van der Waals surface area contributed by atoms with E-state index in [1.807, 2.05) is 31.4 Å². The molecule has 20 heavy (non-hydrogen) atoms. The maximum atomic E-state index is 5.70. The van der Waals surface area contributed by atoms with Gasteiger partial charge in [-0.3, -0.25) is 4.98 Å². The van der Waals surface area contributed by atoms with Gasteiger partial charge in [-0.1, -0.05) is 30.3 Å². The fourth-order valence-electron chi connectivity index (χ4n) is 2.36. The Morgan fingerprint density at radius 2 is 2.00 bits per heavy atom. The molecule has 2 rings (SSSR count). The minimum Gasteiger partial charge on any atom is -0.375 e. The topological polar surface area (TPSA) is 34.2 Å². The molecule has 2 aromatic rings. The van der Waals surface area contributed by atoms with Crippen molar-refractivity contribution in [2.45, 2.75) is 18.6 Å². The lowest BCUT2D eigenvalue weighted by atomic mass is 9.97. The van der Waals surface area contributed by atoms with Crippen LogP contribution in [0.3, 0.4) is 0 Å². The van der Waals surface area contributed by atoms with Crippen LogP contribution in [0.15, 0.2) is 53.3 Å². The number of nitrogens with one attached hydrogen (secondary N) is 1. The molecule has 0 aliphatic carbocycles. The molecule has 0 amide bonds. The maximum absolute atomic E-state index is 5.70. The van der Waals surface area contributed by atoms with Crippen LogP contribution in [0.4, 0.5) is 0 Å². The van der Waals surface area contributed by atoms with Gasteiger partial charge in [0.05, 0.1) is 6.10 Å². The molecular formula is C16H19BrN2O. The van der Waals surface area contributed by atoms with E-state index in [1.54, 1.807) is 13.3 Å². The summed E-state index contributed by atoms with van der Waals surface area (Å²) in [5.74, 6) is 0. The number of hydrogen-bond donors (Lipinski definition) is 1. The third-order valence-corrected chi connectivity index (χ3v) is 3.77. The van der Waals surface area contributed by atoms with Crippen molar-refractivity contribution < 1.29 is 4.74 Å². The van der Waals surface area contributed by atoms with Crippen LogP contribution in [-0.4, -0.2) is 25.2 Å². The van der Waals surface area contributed by atoms with Gasteiger partial charge < -0.3 is 10.1 Å². The zero-order chi connectivity index (χ0) is 14.4. The van der Waals surface area contributed by atoms with Crippen LogP contribution in [-0.2, 0) is 11.2 Å². The first kappa shape index (κ1) is 15.2. The van der Waals surface area contributed by atoms with Crippen LogP contribution >= 0.6 is 15.9 Å². The van der Waals surface area contributed by atoms with E-state index in [0.717, 1.165) is 10.9 Å². The van der Waals surface area contributed by atoms with E-state index in [4.69, 9.17) is 4.74 Å². The lowest BCUT2D eigenvalue weighted by Crippen LogP contribution is -2.35. The van der Waals surface area contributed by atoms with Crippen LogP contribution in [0.5, 0.6) is 0 Å². The number of nitrogens with zero attached hydrogens (tertiary/aromatic N) is 1. The lowest BCUT2D eigenvalue weighted by Gasteiger charge is -2.26. The molecule has 0 saturated carbocycles. The van der Waals surface area contributed by atoms with E-state index in [9.17, 15) is 0 Å². The molecule has 0 bridgehead atoms. The molecular weight excluding hydrogens is 316 g/mol. The quantitative estimate of drug-likeness (QED) is 0.879. The summed E-state index contributed by atoms with van der Waals surface area (Å²) in [6.07, 6.45) is 4.56. The van der Waals surface area contributed by atoms with Crippen LogP contribution in [0, 0.1) is 0 Å². The Bertz CT molecular complexity index is 533. The molecule has 4 heteroatoms. The Morgan fingerprint density at radius 3 is 2.60 bits per heavy atom. The van der Waals surface area contributed by atoms with Crippen molar-refractivity contribution in [3.63, 3.8) is 0 Å². The number of aromatic nitrogens is 1. The van der Waals surface area contributed by atoms with E-state index >= 15 is 0 Å². The van der Waals surface area contributed by atoms with Gasteiger partial charge in [-0.15, -0.1) is 0 Å². The van der Waals surface area contributed by atoms with Crippen molar-refractivity contribution in [2.75, 3.05) is 14.2 Å². The van der Waals surface area contributed by atoms with Crippen molar-refractivity contribution in [3.8, 4) is 0 Å². The molecule has 106 valence electrons. The number of likely N-dealkylation sites (N-methyl/N-ethyl adjacent to an activating group) is 1. The zero-order valence-electron chi connectivity index (χ0n) is 11.7. The molecule has 2 atom stereocenters. The van der Waals surface area contributed by atoms with Gasteiger partial charge in [-0.2, -0.15) is 0 Å². The van der Waals surface area contributed by atoms with E-state index < -0.39 is 0 Å². The van der Waals surface area contributed by atoms with Crippen LogP contribution in [0.2, 0.25) is 0 Å². The van der Waals surface area contributed by atoms with Crippen molar-refractivity contribution in [1.29, 1.82) is 0 Å². The molecule has 1 N–H and O–H groups in total. The average molecular weight is 335 g/mol. The van der Waals surface area contributed by atoms with Gasteiger partial charge in [0.15, 0.2) is 0 Å². The second kappa shape index (κ2) is 7.53. The standard InChI is InChI=1S/C16H19BrN2O/c1-18-15(9-12-8-14(17)11-19-10-12)16(20-2)13-6-4-3-5-7-13/h3-8,10-11,15-16,18H,9H2,1-2H3. The van der Waals surface area contributed by atoms with Gasteiger partial charge in [0.25, 0.3) is 0 Å². The summed E-state index contributed by atoms with van der Waals surface area (Å²) < 4.78 is 6.70. The molecule has 0 radical (unpaired) electrons. The van der Waals surface area contributed by atoms with E-state index in [2.05, 4.69) is 44.4 Å². The molecule has 0 saturated heterocycles. The average Bonchev–Trinajstić information content (AvgIpc) is 2.48. The Kier molecular flexibility index (Phi) is 5.71. The minimum absolute atomic E-state index is 0.0141. The number of benzene rings is 1. The highest BCUT2D eigenvalue weighted by molar-refractivity contribution is 9.10. The summed E-state index contributed by atoms with van der Waals surface area (Å²) in [6.45, 7) is 0. The van der Waals surface area contributed by atoms with Crippen LogP contribution in [0.25, 0.3) is 0 Å². The smallest absolute Gasteiger partial charge is 0.0977 e. The summed E-state index contributed by atoms with van der Waals surface area (Å²) in [5, 5.41) is 3.35. The van der Waals surface area contributed by atoms with Crippen molar-refractivity contribution in [3.05, 3.63) is 64.4 Å². The predicted molar refractivity (Wildman–Crippen MR) is 84.7 cm³/mol. The Balaban J connectivity index is 2.18. The fraction of sp³-hybridized carbons (Fsp3) is 0.312. The van der Waals surface area contributed by atoms with E-state index in [1.165, 1.54) is 11.1 Å². The normalized spacial score (nSPS) is 13.9.